The molecule has 0 saturated heterocycles. The predicted molar refractivity (Wildman–Crippen MR) is 160 cm³/mol. The second-order valence-corrected chi connectivity index (χ2v) is 10.1. The fourth-order valence-electron chi connectivity index (χ4n) is 4.66. The monoisotopic (exact) mass is 571 g/mol. The van der Waals surface area contributed by atoms with Gasteiger partial charge in [0.1, 0.15) is 11.6 Å². The SMILES string of the molecule is N=c1n(CCCOc2ccc(F)cc2)c2ccccc2n1Cc1ccc(CNCC(=O)Nc2cccc(Cl)c2)cc1. The van der Waals surface area contributed by atoms with Crippen LogP contribution in [-0.2, 0) is 24.4 Å². The van der Waals surface area contributed by atoms with Gasteiger partial charge in [-0.2, -0.15) is 0 Å². The van der Waals surface area contributed by atoms with Crippen molar-refractivity contribution in [3.63, 3.8) is 0 Å². The molecule has 210 valence electrons. The van der Waals surface area contributed by atoms with E-state index in [0.717, 1.165) is 22.2 Å². The van der Waals surface area contributed by atoms with E-state index in [-0.39, 0.29) is 18.3 Å². The maximum absolute atomic E-state index is 13.1. The van der Waals surface area contributed by atoms with Crippen LogP contribution in [0.3, 0.4) is 0 Å². The van der Waals surface area contributed by atoms with E-state index in [1.54, 1.807) is 36.4 Å². The number of fused-ring (bicyclic) bond motifs is 1. The molecule has 5 rings (SSSR count). The number of nitrogens with zero attached hydrogens (tertiary/aromatic N) is 2. The molecule has 0 spiro atoms. The summed E-state index contributed by atoms with van der Waals surface area (Å²) in [5.74, 6) is 0.201. The maximum Gasteiger partial charge on any atom is 0.238 e. The van der Waals surface area contributed by atoms with Crippen LogP contribution in [0.15, 0.2) is 97.1 Å². The summed E-state index contributed by atoms with van der Waals surface area (Å²) in [4.78, 5) is 12.2. The van der Waals surface area contributed by atoms with E-state index in [4.69, 9.17) is 21.7 Å². The number of para-hydroxylation sites is 2. The Hall–Kier alpha value is -4.40. The zero-order chi connectivity index (χ0) is 28.6. The molecule has 1 amide bonds. The number of ether oxygens (including phenoxy) is 1. The largest absolute Gasteiger partial charge is 0.494 e. The minimum Gasteiger partial charge on any atom is -0.494 e. The zero-order valence-corrected chi connectivity index (χ0v) is 23.2. The molecule has 0 unspecified atom stereocenters. The Balaban J connectivity index is 1.16. The van der Waals surface area contributed by atoms with Crippen molar-refractivity contribution in [3.05, 3.63) is 125 Å². The summed E-state index contributed by atoms with van der Waals surface area (Å²) in [5, 5.41) is 15.5. The van der Waals surface area contributed by atoms with Gasteiger partial charge >= 0.3 is 0 Å². The zero-order valence-electron chi connectivity index (χ0n) is 22.4. The van der Waals surface area contributed by atoms with Gasteiger partial charge < -0.3 is 24.5 Å². The minimum atomic E-state index is -0.291. The van der Waals surface area contributed by atoms with Crippen LogP contribution in [0.4, 0.5) is 10.1 Å². The second-order valence-electron chi connectivity index (χ2n) is 9.68. The summed E-state index contributed by atoms with van der Waals surface area (Å²) in [6, 6.07) is 29.3. The van der Waals surface area contributed by atoms with E-state index in [1.165, 1.54) is 12.1 Å². The fraction of sp³-hybridized carbons (Fsp3) is 0.188. The molecule has 0 atom stereocenters. The molecule has 5 aromatic rings. The average Bonchev–Trinajstić information content (AvgIpc) is 3.23. The van der Waals surface area contributed by atoms with E-state index in [9.17, 15) is 9.18 Å². The Kier molecular flexibility index (Phi) is 9.13. The number of hydrogen-bond acceptors (Lipinski definition) is 4. The number of rotatable bonds is 12. The van der Waals surface area contributed by atoms with E-state index in [2.05, 4.69) is 22.8 Å². The second kappa shape index (κ2) is 13.3. The Morgan fingerprint density at radius 2 is 1.59 bits per heavy atom. The van der Waals surface area contributed by atoms with E-state index in [1.807, 2.05) is 45.5 Å². The van der Waals surface area contributed by atoms with E-state index >= 15 is 0 Å². The molecule has 0 aliphatic carbocycles. The average molecular weight is 572 g/mol. The molecule has 9 heteroatoms. The summed E-state index contributed by atoms with van der Waals surface area (Å²) in [7, 11) is 0. The minimum absolute atomic E-state index is 0.137. The first-order valence-corrected chi connectivity index (χ1v) is 13.8. The number of benzene rings is 4. The van der Waals surface area contributed by atoms with Crippen LogP contribution < -0.4 is 21.0 Å². The molecule has 1 heterocycles. The molecule has 1 aromatic heterocycles. The van der Waals surface area contributed by atoms with Gasteiger partial charge in [-0.15, -0.1) is 0 Å². The van der Waals surface area contributed by atoms with Gasteiger partial charge in [0.05, 0.1) is 30.7 Å². The number of hydrogen-bond donors (Lipinski definition) is 3. The highest BCUT2D eigenvalue weighted by Gasteiger charge is 2.11. The van der Waals surface area contributed by atoms with Gasteiger partial charge in [-0.05, 0) is 72.1 Å². The van der Waals surface area contributed by atoms with E-state index in [0.29, 0.717) is 54.7 Å². The molecule has 7 nitrogen and oxygen atoms in total. The number of anilines is 1. The van der Waals surface area contributed by atoms with Gasteiger partial charge in [0.25, 0.3) is 0 Å². The van der Waals surface area contributed by atoms with Gasteiger partial charge in [0, 0.05) is 23.8 Å². The molecule has 41 heavy (non-hydrogen) atoms. The van der Waals surface area contributed by atoms with Crippen LogP contribution >= 0.6 is 11.6 Å². The Morgan fingerprint density at radius 1 is 0.878 bits per heavy atom. The van der Waals surface area contributed by atoms with E-state index < -0.39 is 0 Å². The molecular weight excluding hydrogens is 541 g/mol. The van der Waals surface area contributed by atoms with Crippen LogP contribution in [-0.4, -0.2) is 28.2 Å². The fourth-order valence-corrected chi connectivity index (χ4v) is 4.85. The van der Waals surface area contributed by atoms with Crippen LogP contribution in [0.1, 0.15) is 17.5 Å². The molecule has 0 saturated carbocycles. The molecule has 0 bridgehead atoms. The number of carbonyl (C=O) groups excluding carboxylic acids is 1. The Labute approximate surface area is 242 Å². The van der Waals surface area contributed by atoms with Gasteiger partial charge in [-0.25, -0.2) is 4.39 Å². The first-order valence-electron chi connectivity index (χ1n) is 13.4. The topological polar surface area (TPSA) is 84.1 Å². The highest BCUT2D eigenvalue weighted by Crippen LogP contribution is 2.17. The van der Waals surface area contributed by atoms with Crippen molar-refractivity contribution in [1.82, 2.24) is 14.5 Å². The number of aromatic nitrogens is 2. The molecule has 0 radical (unpaired) electrons. The highest BCUT2D eigenvalue weighted by molar-refractivity contribution is 6.30. The first kappa shape index (κ1) is 28.1. The molecule has 4 aromatic carbocycles. The summed E-state index contributed by atoms with van der Waals surface area (Å²) in [6.45, 7) is 2.40. The lowest BCUT2D eigenvalue weighted by molar-refractivity contribution is -0.115. The first-order chi connectivity index (χ1) is 20.0. The van der Waals surface area contributed by atoms with Crippen molar-refractivity contribution < 1.29 is 13.9 Å². The maximum atomic E-state index is 13.1. The lowest BCUT2D eigenvalue weighted by Gasteiger charge is -2.09. The van der Waals surface area contributed by atoms with Crippen LogP contribution in [0.25, 0.3) is 11.0 Å². The third-order valence-corrected chi connectivity index (χ3v) is 6.90. The third-order valence-electron chi connectivity index (χ3n) is 6.67. The number of halogens is 2. The van der Waals surface area contributed by atoms with Crippen molar-refractivity contribution in [2.75, 3.05) is 18.5 Å². The highest BCUT2D eigenvalue weighted by atomic mass is 35.5. The molecule has 0 fully saturated rings. The smallest absolute Gasteiger partial charge is 0.238 e. The standard InChI is InChI=1S/C32H31ClFN5O2/c33-25-5-3-6-27(19-25)37-31(40)21-36-20-23-9-11-24(12-10-23)22-39-30-8-2-1-7-29(30)38(32(39)35)17-4-18-41-28-15-13-26(34)14-16-28/h1-3,5-16,19,35-36H,4,17-18,20-22H2,(H,37,40). The molecule has 0 aliphatic rings. The van der Waals surface area contributed by atoms with Crippen LogP contribution in [0.2, 0.25) is 5.02 Å². The normalized spacial score (nSPS) is 11.1. The van der Waals surface area contributed by atoms with Gasteiger partial charge in [0.2, 0.25) is 11.5 Å². The predicted octanol–water partition coefficient (Wildman–Crippen LogP) is 5.96. The van der Waals surface area contributed by atoms with Crippen LogP contribution in [0.5, 0.6) is 5.75 Å². The number of aryl methyl sites for hydroxylation is 1. The van der Waals surface area contributed by atoms with Gasteiger partial charge in [-0.1, -0.05) is 54.1 Å². The third kappa shape index (κ3) is 7.42. The molecular formula is C32H31ClFN5O2. The number of amides is 1. The summed E-state index contributed by atoms with van der Waals surface area (Å²) in [6.07, 6.45) is 0.709. The Bertz CT molecular complexity index is 1680. The van der Waals surface area contributed by atoms with Crippen molar-refractivity contribution in [2.45, 2.75) is 26.1 Å². The van der Waals surface area contributed by atoms with Crippen LogP contribution in [0, 0.1) is 11.2 Å². The molecule has 3 N–H and O–H groups in total. The summed E-state index contributed by atoms with van der Waals surface area (Å²) >= 11 is 5.97. The van der Waals surface area contributed by atoms with Gasteiger partial charge in [-0.3, -0.25) is 10.2 Å². The lowest BCUT2D eigenvalue weighted by atomic mass is 10.1. The van der Waals surface area contributed by atoms with Crippen molar-refractivity contribution >= 4 is 34.2 Å². The number of carbonyl (C=O) groups is 1. The summed E-state index contributed by atoms with van der Waals surface area (Å²) in [5.41, 5.74) is 5.21. The molecule has 0 aliphatic heterocycles. The Morgan fingerprint density at radius 3 is 2.32 bits per heavy atom. The van der Waals surface area contributed by atoms with Crippen molar-refractivity contribution in [1.29, 1.82) is 5.41 Å². The van der Waals surface area contributed by atoms with Crippen molar-refractivity contribution in [3.8, 4) is 5.75 Å². The van der Waals surface area contributed by atoms with Crippen molar-refractivity contribution in [2.24, 2.45) is 0 Å². The lowest BCUT2D eigenvalue weighted by Crippen LogP contribution is -2.27. The quantitative estimate of drug-likeness (QED) is 0.162. The summed E-state index contributed by atoms with van der Waals surface area (Å²) < 4.78 is 22.9. The van der Waals surface area contributed by atoms with Gasteiger partial charge in [0.15, 0.2) is 0 Å². The number of nitrogens with one attached hydrogen (secondary N) is 3. The number of imidazole rings is 1.